The molecule has 2 aromatic rings. The summed E-state index contributed by atoms with van der Waals surface area (Å²) in [6, 6.07) is 6.65. The zero-order valence-electron chi connectivity index (χ0n) is 16.6. The third kappa shape index (κ3) is 5.54. The van der Waals surface area contributed by atoms with E-state index in [9.17, 15) is 10.1 Å². The highest BCUT2D eigenvalue weighted by Crippen LogP contribution is 2.14. The van der Waals surface area contributed by atoms with E-state index < -0.39 is 4.92 Å². The molecule has 2 rings (SSSR count). The molecule has 1 aromatic carbocycles. The Morgan fingerprint density at radius 2 is 2.00 bits per heavy atom. The van der Waals surface area contributed by atoms with Gasteiger partial charge in [-0.1, -0.05) is 12.1 Å². The minimum atomic E-state index is -0.400. The van der Waals surface area contributed by atoms with Gasteiger partial charge in [0, 0.05) is 37.5 Å². The molecule has 0 aliphatic rings. The van der Waals surface area contributed by atoms with Crippen LogP contribution in [0.5, 0.6) is 0 Å². The second-order valence-corrected chi connectivity index (χ2v) is 6.64. The van der Waals surface area contributed by atoms with Gasteiger partial charge in [0.25, 0.3) is 5.69 Å². The molecule has 1 atom stereocenters. The van der Waals surface area contributed by atoms with Crippen molar-refractivity contribution in [1.29, 1.82) is 0 Å². The van der Waals surface area contributed by atoms with Gasteiger partial charge in [0.1, 0.15) is 0 Å². The van der Waals surface area contributed by atoms with Crippen LogP contribution in [-0.4, -0.2) is 33.2 Å². The number of nitrogens with one attached hydrogen (secondary N) is 2. The molecule has 0 aliphatic heterocycles. The second-order valence-electron chi connectivity index (χ2n) is 6.64. The third-order valence-corrected chi connectivity index (χ3v) is 4.46. The number of non-ortho nitro benzene ring substituents is 1. The van der Waals surface area contributed by atoms with Crippen LogP contribution in [0.3, 0.4) is 0 Å². The van der Waals surface area contributed by atoms with Gasteiger partial charge in [0.15, 0.2) is 5.96 Å². The van der Waals surface area contributed by atoms with Crippen molar-refractivity contribution in [3.8, 4) is 0 Å². The van der Waals surface area contributed by atoms with Crippen LogP contribution in [0.1, 0.15) is 36.4 Å². The average Bonchev–Trinajstić information content (AvgIpc) is 2.86. The smallest absolute Gasteiger partial charge is 0.269 e. The summed E-state index contributed by atoms with van der Waals surface area (Å²) in [6.45, 7) is 9.45. The van der Waals surface area contributed by atoms with E-state index in [2.05, 4.69) is 34.6 Å². The molecule has 1 unspecified atom stereocenters. The molecule has 0 aliphatic carbocycles. The Morgan fingerprint density at radius 3 is 2.52 bits per heavy atom. The lowest BCUT2D eigenvalue weighted by molar-refractivity contribution is -0.384. The fourth-order valence-corrected chi connectivity index (χ4v) is 2.92. The normalized spacial score (nSPS) is 12.7. The molecule has 0 fully saturated rings. The highest BCUT2D eigenvalue weighted by atomic mass is 16.6. The van der Waals surface area contributed by atoms with Crippen LogP contribution in [0.4, 0.5) is 5.69 Å². The number of benzene rings is 1. The Kier molecular flexibility index (Phi) is 6.92. The van der Waals surface area contributed by atoms with E-state index in [1.54, 1.807) is 12.1 Å². The minimum absolute atomic E-state index is 0.0867. The summed E-state index contributed by atoms with van der Waals surface area (Å²) in [6.07, 6.45) is 0.855. The van der Waals surface area contributed by atoms with Gasteiger partial charge < -0.3 is 10.6 Å². The van der Waals surface area contributed by atoms with Crippen LogP contribution >= 0.6 is 0 Å². The van der Waals surface area contributed by atoms with Crippen molar-refractivity contribution >= 4 is 11.6 Å². The molecule has 0 radical (unpaired) electrons. The number of aliphatic imine (C=N–C) groups is 1. The molecule has 0 amide bonds. The molecule has 8 heteroatoms. The SMILES string of the molecule is CCNC(=NCc1ccc([N+](=O)[O-])cc1)NC(C)Cc1c(C)nn(C)c1C. The lowest BCUT2D eigenvalue weighted by Crippen LogP contribution is -2.43. The molecule has 0 saturated carbocycles. The predicted molar refractivity (Wildman–Crippen MR) is 107 cm³/mol. The van der Waals surface area contributed by atoms with Crippen LogP contribution in [-0.2, 0) is 20.0 Å². The summed E-state index contributed by atoms with van der Waals surface area (Å²) < 4.78 is 1.91. The first-order chi connectivity index (χ1) is 12.8. The summed E-state index contributed by atoms with van der Waals surface area (Å²) in [4.78, 5) is 14.9. The molecule has 0 saturated heterocycles. The molecule has 2 N–H and O–H groups in total. The number of nitro groups is 1. The van der Waals surface area contributed by atoms with Crippen molar-refractivity contribution in [2.45, 2.75) is 46.7 Å². The van der Waals surface area contributed by atoms with Crippen molar-refractivity contribution in [2.24, 2.45) is 12.0 Å². The summed E-state index contributed by atoms with van der Waals surface area (Å²) in [5.74, 6) is 0.725. The minimum Gasteiger partial charge on any atom is -0.357 e. The molecule has 8 nitrogen and oxygen atoms in total. The fraction of sp³-hybridized carbons (Fsp3) is 0.474. The Hall–Kier alpha value is -2.90. The maximum absolute atomic E-state index is 10.7. The monoisotopic (exact) mass is 372 g/mol. The average molecular weight is 372 g/mol. The van der Waals surface area contributed by atoms with Crippen molar-refractivity contribution in [1.82, 2.24) is 20.4 Å². The zero-order chi connectivity index (χ0) is 20.0. The number of nitrogens with zero attached hydrogens (tertiary/aromatic N) is 4. The first-order valence-corrected chi connectivity index (χ1v) is 9.09. The van der Waals surface area contributed by atoms with Crippen LogP contribution in [0.2, 0.25) is 0 Å². The van der Waals surface area contributed by atoms with E-state index in [1.165, 1.54) is 23.4 Å². The van der Waals surface area contributed by atoms with Gasteiger partial charge in [-0.15, -0.1) is 0 Å². The van der Waals surface area contributed by atoms with E-state index in [0.717, 1.165) is 30.2 Å². The first kappa shape index (κ1) is 20.4. The predicted octanol–water partition coefficient (Wildman–Crippen LogP) is 2.63. The quantitative estimate of drug-likeness (QED) is 0.337. The maximum atomic E-state index is 10.7. The number of nitro benzene ring substituents is 1. The molecule has 27 heavy (non-hydrogen) atoms. The van der Waals surface area contributed by atoms with Gasteiger partial charge in [-0.3, -0.25) is 14.8 Å². The van der Waals surface area contributed by atoms with Gasteiger partial charge >= 0.3 is 0 Å². The number of rotatable bonds is 7. The van der Waals surface area contributed by atoms with Crippen LogP contribution in [0, 0.1) is 24.0 Å². The molecular weight excluding hydrogens is 344 g/mol. The molecule has 0 bridgehead atoms. The van der Waals surface area contributed by atoms with Gasteiger partial charge in [0.05, 0.1) is 17.2 Å². The summed E-state index contributed by atoms with van der Waals surface area (Å²) in [5.41, 5.74) is 4.49. The molecule has 1 aromatic heterocycles. The summed E-state index contributed by atoms with van der Waals surface area (Å²) >= 11 is 0. The lowest BCUT2D eigenvalue weighted by Gasteiger charge is -2.18. The van der Waals surface area contributed by atoms with Crippen LogP contribution in [0.15, 0.2) is 29.3 Å². The summed E-state index contributed by atoms with van der Waals surface area (Å²) in [5, 5.41) is 21.9. The van der Waals surface area contributed by atoms with Crippen molar-refractivity contribution < 1.29 is 4.92 Å². The topological polar surface area (TPSA) is 97.4 Å². The van der Waals surface area contributed by atoms with E-state index >= 15 is 0 Å². The lowest BCUT2D eigenvalue weighted by atomic mass is 10.1. The van der Waals surface area contributed by atoms with E-state index in [4.69, 9.17) is 0 Å². The van der Waals surface area contributed by atoms with Crippen molar-refractivity contribution in [3.63, 3.8) is 0 Å². The number of hydrogen-bond acceptors (Lipinski definition) is 4. The van der Waals surface area contributed by atoms with Gasteiger partial charge in [0.2, 0.25) is 0 Å². The number of aryl methyl sites for hydroxylation is 2. The highest BCUT2D eigenvalue weighted by Gasteiger charge is 2.14. The Labute approximate surface area is 159 Å². The Balaban J connectivity index is 2.02. The van der Waals surface area contributed by atoms with E-state index in [-0.39, 0.29) is 11.7 Å². The van der Waals surface area contributed by atoms with Crippen molar-refractivity contribution in [2.75, 3.05) is 6.54 Å². The van der Waals surface area contributed by atoms with Crippen LogP contribution in [0.25, 0.3) is 0 Å². The number of hydrogen-bond donors (Lipinski definition) is 2. The van der Waals surface area contributed by atoms with Gasteiger partial charge in [-0.25, -0.2) is 4.99 Å². The zero-order valence-corrected chi connectivity index (χ0v) is 16.6. The summed E-state index contributed by atoms with van der Waals surface area (Å²) in [7, 11) is 1.96. The van der Waals surface area contributed by atoms with Gasteiger partial charge in [-0.2, -0.15) is 5.10 Å². The maximum Gasteiger partial charge on any atom is 0.269 e. The molecule has 0 spiro atoms. The molecular formula is C19H28N6O2. The third-order valence-electron chi connectivity index (χ3n) is 4.46. The second kappa shape index (κ2) is 9.16. The molecule has 146 valence electrons. The Bertz CT molecular complexity index is 810. The highest BCUT2D eigenvalue weighted by molar-refractivity contribution is 5.80. The number of aromatic nitrogens is 2. The van der Waals surface area contributed by atoms with Crippen LogP contribution < -0.4 is 10.6 Å². The molecule has 1 heterocycles. The van der Waals surface area contributed by atoms with E-state index in [1.807, 2.05) is 25.6 Å². The van der Waals surface area contributed by atoms with E-state index in [0.29, 0.717) is 6.54 Å². The van der Waals surface area contributed by atoms with Gasteiger partial charge in [-0.05, 0) is 45.2 Å². The largest absolute Gasteiger partial charge is 0.357 e. The fourth-order valence-electron chi connectivity index (χ4n) is 2.92. The van der Waals surface area contributed by atoms with Crippen molar-refractivity contribution in [3.05, 3.63) is 56.9 Å². The Morgan fingerprint density at radius 1 is 1.33 bits per heavy atom. The standard InChI is InChI=1S/C19H28N6O2/c1-6-20-19(21-12-16-7-9-17(10-8-16)25(26)27)22-13(2)11-18-14(3)23-24(5)15(18)4/h7-10,13H,6,11-12H2,1-5H3,(H2,20,21,22). The number of guanidine groups is 1. The first-order valence-electron chi connectivity index (χ1n) is 9.09.